The van der Waals surface area contributed by atoms with Crippen LogP contribution in [-0.2, 0) is 4.74 Å². The van der Waals surface area contributed by atoms with Crippen LogP contribution in [-0.4, -0.2) is 49.4 Å². The molecule has 0 bridgehead atoms. The predicted molar refractivity (Wildman–Crippen MR) is 86.4 cm³/mol. The molecule has 3 rings (SSSR count). The molecular weight excluding hydrogens is 284 g/mol. The number of nitrogens with zero attached hydrogens (tertiary/aromatic N) is 2. The molecule has 0 amide bonds. The van der Waals surface area contributed by atoms with Crippen molar-refractivity contribution < 1.29 is 9.64 Å². The van der Waals surface area contributed by atoms with Crippen molar-refractivity contribution in [3.8, 4) is 0 Å². The summed E-state index contributed by atoms with van der Waals surface area (Å²) in [6, 6.07) is 0. The van der Waals surface area contributed by atoms with Gasteiger partial charge >= 0.3 is 0 Å². The quantitative estimate of drug-likeness (QED) is 0.810. The molecule has 0 unspecified atom stereocenters. The summed E-state index contributed by atoms with van der Waals surface area (Å²) < 4.78 is 5.39. The van der Waals surface area contributed by atoms with E-state index < -0.39 is 0 Å². The van der Waals surface area contributed by atoms with E-state index in [1.54, 1.807) is 22.6 Å². The predicted octanol–water partition coefficient (Wildman–Crippen LogP) is 1.03. The minimum absolute atomic E-state index is 0.905. The van der Waals surface area contributed by atoms with Gasteiger partial charge in [-0.05, 0) is 19.4 Å². The molecule has 1 saturated heterocycles. The average molecular weight is 307 g/mol. The van der Waals surface area contributed by atoms with Gasteiger partial charge in [0.05, 0.1) is 25.1 Å². The lowest BCUT2D eigenvalue weighted by Gasteiger charge is -2.23. The Morgan fingerprint density at radius 2 is 2.10 bits per heavy atom. The van der Waals surface area contributed by atoms with Crippen molar-refractivity contribution in [3.63, 3.8) is 0 Å². The van der Waals surface area contributed by atoms with E-state index in [1.807, 2.05) is 0 Å². The van der Waals surface area contributed by atoms with Gasteiger partial charge in [0, 0.05) is 17.8 Å². The first kappa shape index (κ1) is 14.7. The van der Waals surface area contributed by atoms with Gasteiger partial charge in [-0.15, -0.1) is 11.3 Å². The highest BCUT2D eigenvalue weighted by molar-refractivity contribution is 7.18. The van der Waals surface area contributed by atoms with Crippen molar-refractivity contribution in [2.45, 2.75) is 20.3 Å². The highest BCUT2D eigenvalue weighted by atomic mass is 32.1. The van der Waals surface area contributed by atoms with Gasteiger partial charge in [-0.1, -0.05) is 0 Å². The Morgan fingerprint density at radius 1 is 1.29 bits per heavy atom. The van der Waals surface area contributed by atoms with Gasteiger partial charge in [-0.25, -0.2) is 9.97 Å². The third-order valence-electron chi connectivity index (χ3n) is 4.16. The lowest BCUT2D eigenvalue weighted by atomic mass is 10.2. The summed E-state index contributed by atoms with van der Waals surface area (Å²) in [5.74, 6) is 0.985. The molecular formula is C15H23N4OS+. The number of morpholine rings is 1. The van der Waals surface area contributed by atoms with E-state index in [0.717, 1.165) is 49.9 Å². The van der Waals surface area contributed by atoms with Gasteiger partial charge in [0.2, 0.25) is 0 Å². The number of fused-ring (bicyclic) bond motifs is 1. The van der Waals surface area contributed by atoms with Gasteiger partial charge in [0.25, 0.3) is 0 Å². The normalized spacial score (nSPS) is 16.5. The zero-order valence-electron chi connectivity index (χ0n) is 12.7. The first-order valence-corrected chi connectivity index (χ1v) is 8.43. The fourth-order valence-electron chi connectivity index (χ4n) is 2.77. The Hall–Kier alpha value is -1.24. The highest BCUT2D eigenvalue weighted by Gasteiger charge is 2.14. The topological polar surface area (TPSA) is 51.5 Å². The largest absolute Gasteiger partial charge is 0.370 e. The van der Waals surface area contributed by atoms with Crippen LogP contribution in [0, 0.1) is 13.8 Å². The maximum Gasteiger partial charge on any atom is 0.138 e. The summed E-state index contributed by atoms with van der Waals surface area (Å²) >= 11 is 1.75. The molecule has 3 heterocycles. The Kier molecular flexibility index (Phi) is 4.67. The van der Waals surface area contributed by atoms with Crippen LogP contribution in [0.15, 0.2) is 6.33 Å². The smallest absolute Gasteiger partial charge is 0.138 e. The van der Waals surface area contributed by atoms with Crippen LogP contribution in [0.1, 0.15) is 16.9 Å². The van der Waals surface area contributed by atoms with Gasteiger partial charge < -0.3 is 15.0 Å². The van der Waals surface area contributed by atoms with Crippen LogP contribution in [0.2, 0.25) is 0 Å². The van der Waals surface area contributed by atoms with Crippen molar-refractivity contribution in [1.82, 2.24) is 9.97 Å². The first-order valence-electron chi connectivity index (χ1n) is 7.61. The molecule has 5 nitrogen and oxygen atoms in total. The highest BCUT2D eigenvalue weighted by Crippen LogP contribution is 2.32. The molecule has 0 aromatic carbocycles. The van der Waals surface area contributed by atoms with Crippen molar-refractivity contribution in [3.05, 3.63) is 16.8 Å². The maximum atomic E-state index is 5.39. The summed E-state index contributed by atoms with van der Waals surface area (Å²) in [6.07, 6.45) is 2.82. The van der Waals surface area contributed by atoms with Gasteiger partial charge in [-0.2, -0.15) is 0 Å². The Morgan fingerprint density at radius 3 is 2.90 bits per heavy atom. The number of anilines is 1. The fraction of sp³-hybridized carbons (Fsp3) is 0.600. The Bertz CT molecular complexity index is 607. The van der Waals surface area contributed by atoms with E-state index in [0.29, 0.717) is 0 Å². The first-order chi connectivity index (χ1) is 10.3. The number of aryl methyl sites for hydroxylation is 2. The number of nitrogens with one attached hydrogen (secondary N) is 2. The molecule has 2 aromatic heterocycles. The maximum absolute atomic E-state index is 5.39. The molecule has 21 heavy (non-hydrogen) atoms. The average Bonchev–Trinajstić information content (AvgIpc) is 2.80. The lowest BCUT2D eigenvalue weighted by molar-refractivity contribution is -0.908. The molecule has 1 fully saturated rings. The number of hydrogen-bond donors (Lipinski definition) is 2. The molecule has 6 heteroatoms. The van der Waals surface area contributed by atoms with Crippen LogP contribution in [0.5, 0.6) is 0 Å². The van der Waals surface area contributed by atoms with E-state index in [9.17, 15) is 0 Å². The molecule has 2 aromatic rings. The minimum atomic E-state index is 0.905. The van der Waals surface area contributed by atoms with E-state index in [4.69, 9.17) is 4.74 Å². The molecule has 0 radical (unpaired) electrons. The van der Waals surface area contributed by atoms with E-state index in [1.165, 1.54) is 22.4 Å². The van der Waals surface area contributed by atoms with E-state index in [-0.39, 0.29) is 0 Å². The molecule has 1 aliphatic rings. The van der Waals surface area contributed by atoms with Crippen LogP contribution in [0.3, 0.4) is 0 Å². The number of aromatic nitrogens is 2. The SMILES string of the molecule is Cc1sc2ncnc(NCCC[NH+]3CCOCC3)c2c1C. The van der Waals surface area contributed by atoms with Crippen molar-refractivity contribution in [2.75, 3.05) is 44.7 Å². The zero-order valence-corrected chi connectivity index (χ0v) is 13.6. The second-order valence-corrected chi connectivity index (χ2v) is 6.78. The fourth-order valence-corrected chi connectivity index (χ4v) is 3.77. The molecule has 0 spiro atoms. The van der Waals surface area contributed by atoms with Crippen molar-refractivity contribution in [2.24, 2.45) is 0 Å². The molecule has 1 aliphatic heterocycles. The number of ether oxygens (including phenoxy) is 1. The second-order valence-electron chi connectivity index (χ2n) is 5.58. The van der Waals surface area contributed by atoms with E-state index in [2.05, 4.69) is 29.1 Å². The van der Waals surface area contributed by atoms with Gasteiger partial charge in [0.1, 0.15) is 30.1 Å². The van der Waals surface area contributed by atoms with Crippen LogP contribution < -0.4 is 10.2 Å². The Balaban J connectivity index is 1.58. The van der Waals surface area contributed by atoms with Crippen LogP contribution >= 0.6 is 11.3 Å². The number of rotatable bonds is 5. The molecule has 0 aliphatic carbocycles. The minimum Gasteiger partial charge on any atom is -0.370 e. The zero-order chi connectivity index (χ0) is 14.7. The number of quaternary nitrogens is 1. The monoisotopic (exact) mass is 307 g/mol. The molecule has 0 saturated carbocycles. The Labute approximate surface area is 129 Å². The van der Waals surface area contributed by atoms with Gasteiger partial charge in [-0.3, -0.25) is 0 Å². The summed E-state index contributed by atoms with van der Waals surface area (Å²) in [6.45, 7) is 10.6. The molecule has 2 N–H and O–H groups in total. The molecule has 114 valence electrons. The third-order valence-corrected chi connectivity index (χ3v) is 5.28. The second kappa shape index (κ2) is 6.68. The van der Waals surface area contributed by atoms with Crippen LogP contribution in [0.25, 0.3) is 10.2 Å². The third kappa shape index (κ3) is 3.33. The van der Waals surface area contributed by atoms with Gasteiger partial charge in [0.15, 0.2) is 0 Å². The number of thiophene rings is 1. The van der Waals surface area contributed by atoms with Crippen molar-refractivity contribution >= 4 is 27.4 Å². The summed E-state index contributed by atoms with van der Waals surface area (Å²) in [7, 11) is 0. The summed E-state index contributed by atoms with van der Waals surface area (Å²) in [5, 5.41) is 4.69. The van der Waals surface area contributed by atoms with Crippen molar-refractivity contribution in [1.29, 1.82) is 0 Å². The lowest BCUT2D eigenvalue weighted by Crippen LogP contribution is -3.14. The van der Waals surface area contributed by atoms with Crippen LogP contribution in [0.4, 0.5) is 5.82 Å². The summed E-state index contributed by atoms with van der Waals surface area (Å²) in [4.78, 5) is 12.9. The standard InChI is InChI=1S/C15H22N4OS/c1-11-12(2)21-15-13(11)14(17-10-18-15)16-4-3-5-19-6-8-20-9-7-19/h10H,3-9H2,1-2H3,(H,16,17,18)/p+1. The molecule has 0 atom stereocenters. The summed E-state index contributed by atoms with van der Waals surface area (Å²) in [5.41, 5.74) is 1.30. The van der Waals surface area contributed by atoms with E-state index >= 15 is 0 Å². The number of hydrogen-bond acceptors (Lipinski definition) is 5.